The maximum absolute atomic E-state index is 13.8. The highest BCUT2D eigenvalue weighted by Gasteiger charge is 2.22. The molecule has 26 heavy (non-hydrogen) atoms. The van der Waals surface area contributed by atoms with Gasteiger partial charge in [0.15, 0.2) is 0 Å². The van der Waals surface area contributed by atoms with Crippen LogP contribution >= 0.6 is 0 Å². The lowest BCUT2D eigenvalue weighted by Crippen LogP contribution is -2.40. The molecule has 134 valence electrons. The van der Waals surface area contributed by atoms with Crippen molar-refractivity contribution in [2.24, 2.45) is 0 Å². The number of pyridine rings is 1. The predicted octanol–water partition coefficient (Wildman–Crippen LogP) is 3.95. The van der Waals surface area contributed by atoms with E-state index in [1.165, 1.54) is 6.07 Å². The summed E-state index contributed by atoms with van der Waals surface area (Å²) in [6, 6.07) is 17.0. The lowest BCUT2D eigenvalue weighted by molar-refractivity contribution is 0.281. The van der Waals surface area contributed by atoms with Gasteiger partial charge in [-0.25, -0.2) is 9.37 Å². The van der Waals surface area contributed by atoms with E-state index in [9.17, 15) is 9.50 Å². The second-order valence-electron chi connectivity index (χ2n) is 6.71. The van der Waals surface area contributed by atoms with Crippen LogP contribution < -0.4 is 10.2 Å². The number of aliphatic hydroxyl groups excluding tert-OH is 1. The summed E-state index contributed by atoms with van der Waals surface area (Å²) in [6.45, 7) is 1.62. The van der Waals surface area contributed by atoms with Gasteiger partial charge in [-0.1, -0.05) is 30.3 Å². The van der Waals surface area contributed by atoms with Crippen LogP contribution in [0.5, 0.6) is 0 Å². The van der Waals surface area contributed by atoms with Gasteiger partial charge in [0.25, 0.3) is 0 Å². The molecule has 4 rings (SSSR count). The number of benzene rings is 2. The third-order valence-corrected chi connectivity index (χ3v) is 4.98. The van der Waals surface area contributed by atoms with Crippen molar-refractivity contribution in [2.45, 2.75) is 25.5 Å². The average Bonchev–Trinajstić information content (AvgIpc) is 2.69. The molecule has 5 heteroatoms. The van der Waals surface area contributed by atoms with Crippen LogP contribution in [-0.2, 0) is 6.61 Å². The number of hydrogen-bond acceptors (Lipinski definition) is 4. The molecule has 0 saturated carbocycles. The van der Waals surface area contributed by atoms with Crippen molar-refractivity contribution >= 4 is 22.4 Å². The van der Waals surface area contributed by atoms with E-state index in [1.807, 2.05) is 36.4 Å². The maximum atomic E-state index is 13.8. The van der Waals surface area contributed by atoms with Crippen LogP contribution in [0.1, 0.15) is 18.4 Å². The molecule has 2 N–H and O–H groups in total. The minimum Gasteiger partial charge on any atom is -0.392 e. The van der Waals surface area contributed by atoms with Gasteiger partial charge in [0.2, 0.25) is 0 Å². The molecule has 0 spiro atoms. The van der Waals surface area contributed by atoms with Crippen LogP contribution in [0.15, 0.2) is 54.6 Å². The Bertz CT molecular complexity index is 907. The zero-order chi connectivity index (χ0) is 17.9. The van der Waals surface area contributed by atoms with Gasteiger partial charge in [0.05, 0.1) is 17.8 Å². The van der Waals surface area contributed by atoms with Crippen LogP contribution in [-0.4, -0.2) is 29.2 Å². The monoisotopic (exact) mass is 351 g/mol. The molecule has 0 amide bonds. The number of fused-ring (bicyclic) bond motifs is 1. The molecule has 4 nitrogen and oxygen atoms in total. The van der Waals surface area contributed by atoms with Gasteiger partial charge in [0, 0.05) is 30.1 Å². The number of aliphatic hydroxyl groups is 1. The molecule has 0 unspecified atom stereocenters. The molecule has 2 heterocycles. The quantitative estimate of drug-likeness (QED) is 0.747. The minimum absolute atomic E-state index is 0.0272. The second-order valence-corrected chi connectivity index (χ2v) is 6.71. The standard InChI is InChI=1S/C21H22FN3O/c22-18-6-2-4-8-20(18)23-17-9-11-25(12-10-17)21-16(14-26)13-15-5-1-3-7-19(15)24-21/h1-8,13,17,23,26H,9-12,14H2. The van der Waals surface area contributed by atoms with E-state index in [0.717, 1.165) is 48.2 Å². The topological polar surface area (TPSA) is 48.4 Å². The Hall–Kier alpha value is -2.66. The lowest BCUT2D eigenvalue weighted by Gasteiger charge is -2.34. The molecule has 0 radical (unpaired) electrons. The summed E-state index contributed by atoms with van der Waals surface area (Å²) in [7, 11) is 0. The van der Waals surface area contributed by atoms with Gasteiger partial charge >= 0.3 is 0 Å². The Morgan fingerprint density at radius 2 is 1.81 bits per heavy atom. The first-order chi connectivity index (χ1) is 12.7. The van der Waals surface area contributed by atoms with Crippen molar-refractivity contribution < 1.29 is 9.50 Å². The van der Waals surface area contributed by atoms with Crippen molar-refractivity contribution in [3.8, 4) is 0 Å². The number of hydrogen-bond donors (Lipinski definition) is 2. The Kier molecular flexibility index (Phi) is 4.71. The fourth-order valence-electron chi connectivity index (χ4n) is 3.57. The third kappa shape index (κ3) is 3.35. The van der Waals surface area contributed by atoms with Crippen molar-refractivity contribution in [1.29, 1.82) is 0 Å². The van der Waals surface area contributed by atoms with Crippen molar-refractivity contribution in [3.63, 3.8) is 0 Å². The van der Waals surface area contributed by atoms with Crippen molar-refractivity contribution in [2.75, 3.05) is 23.3 Å². The number of nitrogens with one attached hydrogen (secondary N) is 1. The number of piperidine rings is 1. The zero-order valence-electron chi connectivity index (χ0n) is 14.5. The summed E-state index contributed by atoms with van der Waals surface area (Å²) in [5.41, 5.74) is 2.35. The molecule has 2 aromatic carbocycles. The van der Waals surface area contributed by atoms with Gasteiger partial charge in [-0.3, -0.25) is 0 Å². The molecule has 0 bridgehead atoms. The van der Waals surface area contributed by atoms with Gasteiger partial charge < -0.3 is 15.3 Å². The number of nitrogens with zero attached hydrogens (tertiary/aromatic N) is 2. The highest BCUT2D eigenvalue weighted by atomic mass is 19.1. The van der Waals surface area contributed by atoms with E-state index in [4.69, 9.17) is 4.98 Å². The first-order valence-electron chi connectivity index (χ1n) is 9.00. The molecule has 0 atom stereocenters. The lowest BCUT2D eigenvalue weighted by atomic mass is 10.0. The van der Waals surface area contributed by atoms with E-state index in [0.29, 0.717) is 5.69 Å². The molecular formula is C21H22FN3O. The third-order valence-electron chi connectivity index (χ3n) is 4.98. The summed E-state index contributed by atoms with van der Waals surface area (Å²) < 4.78 is 13.8. The SMILES string of the molecule is OCc1cc2ccccc2nc1N1CCC(Nc2ccccc2F)CC1. The van der Waals surface area contributed by atoms with Gasteiger partial charge in [-0.2, -0.15) is 0 Å². The summed E-state index contributed by atoms with van der Waals surface area (Å²) >= 11 is 0. The number of halogens is 1. The smallest absolute Gasteiger partial charge is 0.146 e. The minimum atomic E-state index is -0.214. The summed E-state index contributed by atoms with van der Waals surface area (Å²) in [5.74, 6) is 0.643. The van der Waals surface area contributed by atoms with Crippen LogP contribution in [0.3, 0.4) is 0 Å². The van der Waals surface area contributed by atoms with Crippen LogP contribution in [0.2, 0.25) is 0 Å². The van der Waals surface area contributed by atoms with Crippen molar-refractivity contribution in [3.05, 3.63) is 66.0 Å². The Morgan fingerprint density at radius 3 is 2.58 bits per heavy atom. The van der Waals surface area contributed by atoms with Gasteiger partial charge in [-0.05, 0) is 37.1 Å². The Balaban J connectivity index is 1.49. The number of aromatic nitrogens is 1. The second kappa shape index (κ2) is 7.30. The fraction of sp³-hybridized carbons (Fsp3) is 0.286. The molecule has 1 fully saturated rings. The molecule has 0 aliphatic carbocycles. The highest BCUT2D eigenvalue weighted by Crippen LogP contribution is 2.27. The predicted molar refractivity (Wildman–Crippen MR) is 103 cm³/mol. The maximum Gasteiger partial charge on any atom is 0.146 e. The normalized spacial score (nSPS) is 15.4. The van der Waals surface area contributed by atoms with E-state index in [2.05, 4.69) is 10.2 Å². The average molecular weight is 351 g/mol. The van der Waals surface area contributed by atoms with E-state index < -0.39 is 0 Å². The van der Waals surface area contributed by atoms with Gasteiger partial charge in [0.1, 0.15) is 11.6 Å². The molecule has 1 aliphatic rings. The molecule has 3 aromatic rings. The van der Waals surface area contributed by atoms with Gasteiger partial charge in [-0.15, -0.1) is 0 Å². The summed E-state index contributed by atoms with van der Waals surface area (Å²) in [4.78, 5) is 7.00. The van der Waals surface area contributed by atoms with Crippen LogP contribution in [0, 0.1) is 5.82 Å². The Morgan fingerprint density at radius 1 is 1.08 bits per heavy atom. The molecular weight excluding hydrogens is 329 g/mol. The number of rotatable bonds is 4. The van der Waals surface area contributed by atoms with Crippen molar-refractivity contribution in [1.82, 2.24) is 4.98 Å². The fourth-order valence-corrected chi connectivity index (χ4v) is 3.57. The number of anilines is 2. The Labute approximate surface area is 152 Å². The number of para-hydroxylation sites is 2. The van der Waals surface area contributed by atoms with Crippen LogP contribution in [0.25, 0.3) is 10.9 Å². The zero-order valence-corrected chi connectivity index (χ0v) is 14.5. The molecule has 1 aromatic heterocycles. The van der Waals surface area contributed by atoms with E-state index in [-0.39, 0.29) is 18.5 Å². The highest BCUT2D eigenvalue weighted by molar-refractivity contribution is 5.81. The summed E-state index contributed by atoms with van der Waals surface area (Å²) in [5, 5.41) is 14.1. The van der Waals surface area contributed by atoms with Crippen LogP contribution in [0.4, 0.5) is 15.9 Å². The van der Waals surface area contributed by atoms with E-state index in [1.54, 1.807) is 12.1 Å². The molecule has 1 aliphatic heterocycles. The first-order valence-corrected chi connectivity index (χ1v) is 9.00. The van der Waals surface area contributed by atoms with E-state index >= 15 is 0 Å². The summed E-state index contributed by atoms with van der Waals surface area (Å²) in [6.07, 6.45) is 1.79. The largest absolute Gasteiger partial charge is 0.392 e. The first kappa shape index (κ1) is 16.8. The molecule has 1 saturated heterocycles.